The number of hydrogen-bond donors (Lipinski definition) is 1. The van der Waals surface area contributed by atoms with Crippen molar-refractivity contribution in [2.45, 2.75) is 0 Å². The summed E-state index contributed by atoms with van der Waals surface area (Å²) < 4.78 is 12.0. The van der Waals surface area contributed by atoms with Crippen molar-refractivity contribution in [1.29, 1.82) is 0 Å². The Bertz CT molecular complexity index is 654. The third-order valence-corrected chi connectivity index (χ3v) is 3.06. The number of Topliss-reactive ketones (excluding diaryl/α,β-unsaturated/α-hetero) is 1. The summed E-state index contributed by atoms with van der Waals surface area (Å²) in [7, 11) is 1.58. The van der Waals surface area contributed by atoms with Gasteiger partial charge in [-0.3, -0.25) is 4.79 Å². The first-order valence-corrected chi connectivity index (χ1v) is 6.44. The number of ketones is 1. The number of aromatic nitrogens is 3. The van der Waals surface area contributed by atoms with Crippen LogP contribution in [0.3, 0.4) is 0 Å². The number of hydrogen-bond acceptors (Lipinski definition) is 6. The predicted octanol–water partition coefficient (Wildman–Crippen LogP) is 0.915. The summed E-state index contributed by atoms with van der Waals surface area (Å²) in [6.07, 6.45) is 2.84. The molecule has 0 bridgehead atoms. The Balaban J connectivity index is 2.00. The molecule has 21 heavy (non-hydrogen) atoms. The molecule has 1 fully saturated rings. The molecule has 1 aromatic heterocycles. The van der Waals surface area contributed by atoms with Crippen molar-refractivity contribution < 1.29 is 14.3 Å². The van der Waals surface area contributed by atoms with E-state index in [4.69, 9.17) is 9.47 Å². The van der Waals surface area contributed by atoms with Crippen LogP contribution in [0, 0.1) is 0 Å². The molecule has 0 saturated carbocycles. The first kappa shape index (κ1) is 13.2. The maximum absolute atomic E-state index is 12.7. The fraction of sp³-hybridized carbons (Fsp3) is 0.214. The molecule has 7 heteroatoms. The first-order valence-electron chi connectivity index (χ1n) is 6.44. The van der Waals surface area contributed by atoms with Gasteiger partial charge in [0.05, 0.1) is 13.7 Å². The highest BCUT2D eigenvalue weighted by molar-refractivity contribution is 6.24. The lowest BCUT2D eigenvalue weighted by atomic mass is 10.1. The van der Waals surface area contributed by atoms with Crippen molar-refractivity contribution in [3.05, 3.63) is 48.4 Å². The normalized spacial score (nSPS) is 16.0. The van der Waals surface area contributed by atoms with Gasteiger partial charge in [0.1, 0.15) is 25.0 Å². The molecule has 1 aromatic carbocycles. The van der Waals surface area contributed by atoms with Gasteiger partial charge in [-0.15, -0.1) is 0 Å². The molecule has 0 atom stereocenters. The second-order valence-electron chi connectivity index (χ2n) is 4.35. The van der Waals surface area contributed by atoms with Gasteiger partial charge in [-0.25, -0.2) is 9.67 Å². The van der Waals surface area contributed by atoms with Crippen LogP contribution in [-0.4, -0.2) is 40.8 Å². The average Bonchev–Trinajstić information content (AvgIpc) is 3.21. The van der Waals surface area contributed by atoms with Gasteiger partial charge in [0, 0.05) is 5.56 Å². The van der Waals surface area contributed by atoms with Gasteiger partial charge in [-0.05, 0) is 24.3 Å². The van der Waals surface area contributed by atoms with E-state index in [0.29, 0.717) is 36.0 Å². The zero-order valence-electron chi connectivity index (χ0n) is 11.4. The Hall–Kier alpha value is -2.83. The lowest BCUT2D eigenvalue weighted by Crippen LogP contribution is -2.18. The Morgan fingerprint density at radius 2 is 2.19 bits per heavy atom. The largest absolute Gasteiger partial charge is 0.497 e. The standard InChI is InChI=1S/C14H14N4O3/c1-20-11-4-2-10(3-5-11)13(19)12(14-16-6-7-21-14)18-9-15-8-17-18/h2-5,8-9,16H,6-7H2,1H3/b14-12+. The quantitative estimate of drug-likeness (QED) is 0.665. The number of benzene rings is 1. The first-order chi connectivity index (χ1) is 10.3. The minimum absolute atomic E-state index is 0.201. The van der Waals surface area contributed by atoms with Crippen LogP contribution >= 0.6 is 0 Å². The van der Waals surface area contributed by atoms with E-state index in [2.05, 4.69) is 15.4 Å². The van der Waals surface area contributed by atoms with Crippen LogP contribution < -0.4 is 10.1 Å². The van der Waals surface area contributed by atoms with Crippen molar-refractivity contribution >= 4 is 11.5 Å². The maximum Gasteiger partial charge on any atom is 0.217 e. The fourth-order valence-electron chi connectivity index (χ4n) is 2.03. The summed E-state index contributed by atoms with van der Waals surface area (Å²) in [6.45, 7) is 1.17. The molecule has 0 amide bonds. The van der Waals surface area contributed by atoms with Gasteiger partial charge >= 0.3 is 0 Å². The molecule has 3 rings (SSSR count). The fourth-order valence-corrected chi connectivity index (χ4v) is 2.03. The molecule has 0 unspecified atom stereocenters. The number of nitrogens with zero attached hydrogens (tertiary/aromatic N) is 3. The summed E-state index contributed by atoms with van der Waals surface area (Å²) in [5.74, 6) is 0.908. The van der Waals surface area contributed by atoms with Gasteiger partial charge in [0.15, 0.2) is 5.70 Å². The predicted molar refractivity (Wildman–Crippen MR) is 74.5 cm³/mol. The second-order valence-corrected chi connectivity index (χ2v) is 4.35. The number of ether oxygens (including phenoxy) is 2. The van der Waals surface area contributed by atoms with E-state index in [1.807, 2.05) is 0 Å². The smallest absolute Gasteiger partial charge is 0.217 e. The molecule has 0 radical (unpaired) electrons. The van der Waals surface area contributed by atoms with E-state index in [-0.39, 0.29) is 5.78 Å². The molecule has 1 aliphatic heterocycles. The molecule has 1 N–H and O–H groups in total. The highest BCUT2D eigenvalue weighted by atomic mass is 16.5. The average molecular weight is 286 g/mol. The van der Waals surface area contributed by atoms with Crippen molar-refractivity contribution in [3.63, 3.8) is 0 Å². The van der Waals surface area contributed by atoms with Crippen LogP contribution in [0.15, 0.2) is 42.8 Å². The Morgan fingerprint density at radius 3 is 2.76 bits per heavy atom. The third kappa shape index (κ3) is 2.58. The van der Waals surface area contributed by atoms with Crippen LogP contribution in [-0.2, 0) is 4.74 Å². The molecule has 1 aliphatic rings. The van der Waals surface area contributed by atoms with Crippen LogP contribution in [0.1, 0.15) is 10.4 Å². The van der Waals surface area contributed by atoms with E-state index >= 15 is 0 Å². The summed E-state index contributed by atoms with van der Waals surface area (Å²) >= 11 is 0. The summed E-state index contributed by atoms with van der Waals surface area (Å²) in [5.41, 5.74) is 0.835. The molecule has 0 spiro atoms. The van der Waals surface area contributed by atoms with Crippen molar-refractivity contribution in [2.75, 3.05) is 20.3 Å². The molecular formula is C14H14N4O3. The van der Waals surface area contributed by atoms with E-state index in [9.17, 15) is 4.79 Å². The Labute approximate surface area is 121 Å². The maximum atomic E-state index is 12.7. The number of rotatable bonds is 4. The number of nitrogens with one attached hydrogen (secondary N) is 1. The minimum atomic E-state index is -0.201. The number of methoxy groups -OCH3 is 1. The zero-order chi connectivity index (χ0) is 14.7. The molecule has 1 saturated heterocycles. The van der Waals surface area contributed by atoms with Crippen LogP contribution in [0.4, 0.5) is 0 Å². The number of carbonyl (C=O) groups is 1. The van der Waals surface area contributed by atoms with Gasteiger partial charge < -0.3 is 14.8 Å². The molecule has 108 valence electrons. The lowest BCUT2D eigenvalue weighted by Gasteiger charge is -2.10. The second kappa shape index (κ2) is 5.66. The van der Waals surface area contributed by atoms with Gasteiger partial charge in [-0.1, -0.05) is 0 Å². The highest BCUT2D eigenvalue weighted by Gasteiger charge is 2.24. The minimum Gasteiger partial charge on any atom is -0.497 e. The number of allylic oxidation sites excluding steroid dienone is 1. The Kier molecular flexibility index (Phi) is 3.55. The van der Waals surface area contributed by atoms with E-state index in [1.165, 1.54) is 17.3 Å². The van der Waals surface area contributed by atoms with Crippen molar-refractivity contribution in [3.8, 4) is 5.75 Å². The lowest BCUT2D eigenvalue weighted by molar-refractivity contribution is 0.104. The van der Waals surface area contributed by atoms with Crippen molar-refractivity contribution in [2.24, 2.45) is 0 Å². The van der Waals surface area contributed by atoms with Gasteiger partial charge in [-0.2, -0.15) is 5.10 Å². The molecule has 7 nitrogen and oxygen atoms in total. The number of carbonyl (C=O) groups excluding carboxylic acids is 1. The van der Waals surface area contributed by atoms with Gasteiger partial charge in [0.2, 0.25) is 11.7 Å². The summed E-state index contributed by atoms with van der Waals surface area (Å²) in [4.78, 5) is 16.6. The van der Waals surface area contributed by atoms with Gasteiger partial charge in [0.25, 0.3) is 0 Å². The highest BCUT2D eigenvalue weighted by Crippen LogP contribution is 2.20. The topological polar surface area (TPSA) is 78.3 Å². The Morgan fingerprint density at radius 1 is 1.38 bits per heavy atom. The van der Waals surface area contributed by atoms with Crippen molar-refractivity contribution in [1.82, 2.24) is 20.1 Å². The molecular weight excluding hydrogens is 272 g/mol. The van der Waals surface area contributed by atoms with Crippen LogP contribution in [0.2, 0.25) is 0 Å². The third-order valence-electron chi connectivity index (χ3n) is 3.06. The molecule has 0 aliphatic carbocycles. The summed E-state index contributed by atoms with van der Waals surface area (Å²) in [5, 5.41) is 7.07. The monoisotopic (exact) mass is 286 g/mol. The zero-order valence-corrected chi connectivity index (χ0v) is 11.4. The van der Waals surface area contributed by atoms with Crippen LogP contribution in [0.25, 0.3) is 5.70 Å². The SMILES string of the molecule is COc1ccc(C(=O)/C(=C2/NCCO2)n2cncn2)cc1. The van der Waals surface area contributed by atoms with E-state index in [1.54, 1.807) is 31.4 Å². The summed E-state index contributed by atoms with van der Waals surface area (Å²) in [6, 6.07) is 6.88. The van der Waals surface area contributed by atoms with Crippen LogP contribution in [0.5, 0.6) is 5.75 Å². The molecule has 2 aromatic rings. The van der Waals surface area contributed by atoms with E-state index in [0.717, 1.165) is 0 Å². The van der Waals surface area contributed by atoms with E-state index < -0.39 is 0 Å². The molecule has 2 heterocycles.